The van der Waals surface area contributed by atoms with Crippen molar-refractivity contribution in [3.8, 4) is 5.75 Å². The van der Waals surface area contributed by atoms with Gasteiger partial charge >= 0.3 is 0 Å². The Bertz CT molecular complexity index is 839. The molecule has 1 aromatic carbocycles. The van der Waals surface area contributed by atoms with E-state index in [2.05, 4.69) is 17.2 Å². The minimum absolute atomic E-state index is 0.0389. The molecule has 6 heteroatoms. The van der Waals surface area contributed by atoms with Crippen LogP contribution in [0.4, 0.5) is 0 Å². The summed E-state index contributed by atoms with van der Waals surface area (Å²) < 4.78 is 5.28. The maximum absolute atomic E-state index is 13.3. The molecule has 1 aliphatic heterocycles. The quantitative estimate of drug-likeness (QED) is 0.714. The fraction of sp³-hybridized carbons (Fsp3) is 0.458. The van der Waals surface area contributed by atoms with Crippen molar-refractivity contribution in [1.82, 2.24) is 15.2 Å². The number of nitrogens with zero attached hydrogens (tertiary/aromatic N) is 2. The zero-order valence-corrected chi connectivity index (χ0v) is 18.0. The van der Waals surface area contributed by atoms with Crippen LogP contribution in [0.15, 0.2) is 48.7 Å². The molecule has 0 unspecified atom stereocenters. The van der Waals surface area contributed by atoms with E-state index < -0.39 is 0 Å². The van der Waals surface area contributed by atoms with E-state index in [0.717, 1.165) is 29.8 Å². The highest BCUT2D eigenvalue weighted by Crippen LogP contribution is 2.38. The molecule has 2 amide bonds. The summed E-state index contributed by atoms with van der Waals surface area (Å²) in [6, 6.07) is 12.9. The molecule has 1 N–H and O–H groups in total. The van der Waals surface area contributed by atoms with Gasteiger partial charge in [-0.15, -0.1) is 0 Å². The van der Waals surface area contributed by atoms with Gasteiger partial charge in [-0.25, -0.2) is 0 Å². The van der Waals surface area contributed by atoms with Crippen LogP contribution in [0.5, 0.6) is 5.75 Å². The van der Waals surface area contributed by atoms with Crippen LogP contribution in [0, 0.1) is 5.92 Å². The maximum Gasteiger partial charge on any atom is 0.226 e. The molecule has 2 heterocycles. The highest BCUT2D eigenvalue weighted by molar-refractivity contribution is 5.85. The lowest BCUT2D eigenvalue weighted by atomic mass is 9.83. The minimum Gasteiger partial charge on any atom is -0.497 e. The predicted molar refractivity (Wildman–Crippen MR) is 116 cm³/mol. The Hall–Kier alpha value is -2.89. The molecule has 1 aromatic heterocycles. The second-order valence-electron chi connectivity index (χ2n) is 7.79. The number of benzene rings is 1. The van der Waals surface area contributed by atoms with E-state index in [9.17, 15) is 9.59 Å². The molecular weight excluding hydrogens is 378 g/mol. The molecule has 1 saturated heterocycles. The number of pyridine rings is 1. The SMILES string of the molecule is CCCCN1C(=O)CC[C@@H](C(=O)N[C@@H](C)c2ccccn2)[C@@H]1c1ccc(OC)cc1. The van der Waals surface area contributed by atoms with Crippen LogP contribution in [0.3, 0.4) is 0 Å². The fourth-order valence-electron chi connectivity index (χ4n) is 4.06. The summed E-state index contributed by atoms with van der Waals surface area (Å²) >= 11 is 0. The number of amides is 2. The molecule has 0 aliphatic carbocycles. The Morgan fingerprint density at radius 2 is 2.03 bits per heavy atom. The lowest BCUT2D eigenvalue weighted by Crippen LogP contribution is -2.48. The van der Waals surface area contributed by atoms with Gasteiger partial charge in [-0.2, -0.15) is 0 Å². The first-order chi connectivity index (χ1) is 14.5. The molecule has 0 saturated carbocycles. The van der Waals surface area contributed by atoms with Crippen molar-refractivity contribution >= 4 is 11.8 Å². The number of methoxy groups -OCH3 is 1. The normalized spacial score (nSPS) is 20.0. The highest BCUT2D eigenvalue weighted by Gasteiger charge is 2.40. The summed E-state index contributed by atoms with van der Waals surface area (Å²) in [6.07, 6.45) is 4.57. The number of ether oxygens (including phenoxy) is 1. The highest BCUT2D eigenvalue weighted by atomic mass is 16.5. The van der Waals surface area contributed by atoms with E-state index in [0.29, 0.717) is 19.4 Å². The van der Waals surface area contributed by atoms with E-state index in [1.165, 1.54) is 0 Å². The third kappa shape index (κ3) is 4.99. The first-order valence-corrected chi connectivity index (χ1v) is 10.7. The summed E-state index contributed by atoms with van der Waals surface area (Å²) in [5.41, 5.74) is 1.78. The van der Waals surface area contributed by atoms with Crippen LogP contribution < -0.4 is 10.1 Å². The molecule has 1 aliphatic rings. The van der Waals surface area contributed by atoms with E-state index in [4.69, 9.17) is 4.74 Å². The van der Waals surface area contributed by atoms with Crippen LogP contribution in [0.2, 0.25) is 0 Å². The molecular formula is C24H31N3O3. The number of hydrogen-bond acceptors (Lipinski definition) is 4. The van der Waals surface area contributed by atoms with E-state index in [-0.39, 0.29) is 29.8 Å². The van der Waals surface area contributed by atoms with Crippen molar-refractivity contribution in [2.75, 3.05) is 13.7 Å². The van der Waals surface area contributed by atoms with Gasteiger partial charge in [-0.3, -0.25) is 14.6 Å². The topological polar surface area (TPSA) is 71.5 Å². The first kappa shape index (κ1) is 21.8. The average Bonchev–Trinajstić information content (AvgIpc) is 2.78. The largest absolute Gasteiger partial charge is 0.497 e. The van der Waals surface area contributed by atoms with Gasteiger partial charge in [0.25, 0.3) is 0 Å². The number of likely N-dealkylation sites (tertiary alicyclic amines) is 1. The second kappa shape index (κ2) is 10.2. The average molecular weight is 410 g/mol. The number of nitrogens with one attached hydrogen (secondary N) is 1. The summed E-state index contributed by atoms with van der Waals surface area (Å²) in [5, 5.41) is 3.12. The molecule has 30 heavy (non-hydrogen) atoms. The van der Waals surface area contributed by atoms with E-state index in [1.54, 1.807) is 13.3 Å². The Kier molecular flexibility index (Phi) is 7.44. The van der Waals surface area contributed by atoms with E-state index in [1.807, 2.05) is 54.3 Å². The third-order valence-corrected chi connectivity index (χ3v) is 5.74. The summed E-state index contributed by atoms with van der Waals surface area (Å²) in [5.74, 6) is 0.527. The van der Waals surface area contributed by atoms with Crippen molar-refractivity contribution in [2.45, 2.75) is 51.6 Å². The molecule has 0 bridgehead atoms. The van der Waals surface area contributed by atoms with Gasteiger partial charge < -0.3 is 15.0 Å². The van der Waals surface area contributed by atoms with Crippen molar-refractivity contribution in [1.29, 1.82) is 0 Å². The summed E-state index contributed by atoms with van der Waals surface area (Å²) in [4.78, 5) is 32.3. The Morgan fingerprint density at radius 3 is 2.67 bits per heavy atom. The van der Waals surface area contributed by atoms with Crippen LogP contribution in [-0.4, -0.2) is 35.4 Å². The molecule has 3 atom stereocenters. The molecule has 2 aromatic rings. The molecule has 3 rings (SSSR count). The van der Waals surface area contributed by atoms with Crippen LogP contribution in [-0.2, 0) is 9.59 Å². The number of carbonyl (C=O) groups is 2. The van der Waals surface area contributed by atoms with Crippen molar-refractivity contribution in [2.24, 2.45) is 5.92 Å². The maximum atomic E-state index is 13.3. The van der Waals surface area contributed by atoms with Crippen molar-refractivity contribution in [3.05, 3.63) is 59.9 Å². The van der Waals surface area contributed by atoms with Crippen LogP contribution in [0.1, 0.15) is 62.9 Å². The molecule has 6 nitrogen and oxygen atoms in total. The second-order valence-corrected chi connectivity index (χ2v) is 7.79. The first-order valence-electron chi connectivity index (χ1n) is 10.7. The third-order valence-electron chi connectivity index (χ3n) is 5.74. The number of rotatable bonds is 8. The minimum atomic E-state index is -0.306. The fourth-order valence-corrected chi connectivity index (χ4v) is 4.06. The lowest BCUT2D eigenvalue weighted by Gasteiger charge is -2.41. The monoisotopic (exact) mass is 409 g/mol. The number of hydrogen-bond donors (Lipinski definition) is 1. The summed E-state index contributed by atoms with van der Waals surface area (Å²) in [6.45, 7) is 4.70. The van der Waals surface area contributed by atoms with Gasteiger partial charge in [0, 0.05) is 19.2 Å². The zero-order valence-electron chi connectivity index (χ0n) is 18.0. The van der Waals surface area contributed by atoms with Crippen LogP contribution >= 0.6 is 0 Å². The van der Waals surface area contributed by atoms with Crippen LogP contribution in [0.25, 0.3) is 0 Å². The summed E-state index contributed by atoms with van der Waals surface area (Å²) in [7, 11) is 1.63. The lowest BCUT2D eigenvalue weighted by molar-refractivity contribution is -0.143. The van der Waals surface area contributed by atoms with Gasteiger partial charge in [0.05, 0.1) is 30.8 Å². The number of unbranched alkanes of at least 4 members (excludes halogenated alkanes) is 1. The number of aromatic nitrogens is 1. The van der Waals surface area contributed by atoms with Crippen molar-refractivity contribution in [3.63, 3.8) is 0 Å². The van der Waals surface area contributed by atoms with Gasteiger partial charge in [-0.05, 0) is 49.6 Å². The standard InChI is InChI=1S/C24H31N3O3/c1-4-5-16-27-22(28)14-13-20(23(27)18-9-11-19(30-3)12-10-18)24(29)26-17(2)21-8-6-7-15-25-21/h6-12,15,17,20,23H,4-5,13-14,16H2,1-3H3,(H,26,29)/t17-,20+,23-/m0/s1. The Balaban J connectivity index is 1.86. The van der Waals surface area contributed by atoms with Gasteiger partial charge in [0.15, 0.2) is 0 Å². The van der Waals surface area contributed by atoms with Gasteiger partial charge in [-0.1, -0.05) is 31.5 Å². The van der Waals surface area contributed by atoms with E-state index >= 15 is 0 Å². The Morgan fingerprint density at radius 1 is 1.27 bits per heavy atom. The number of piperidine rings is 1. The zero-order chi connectivity index (χ0) is 21.5. The van der Waals surface area contributed by atoms with Crippen molar-refractivity contribution < 1.29 is 14.3 Å². The molecule has 1 fully saturated rings. The predicted octanol–water partition coefficient (Wildman–Crippen LogP) is 4.05. The molecule has 160 valence electrons. The Labute approximate surface area is 178 Å². The molecule has 0 spiro atoms. The number of carbonyl (C=O) groups excluding carboxylic acids is 2. The van der Waals surface area contributed by atoms with Gasteiger partial charge in [0.1, 0.15) is 5.75 Å². The smallest absolute Gasteiger partial charge is 0.226 e. The van der Waals surface area contributed by atoms with Gasteiger partial charge in [0.2, 0.25) is 11.8 Å². The molecule has 0 radical (unpaired) electrons.